The van der Waals surface area contributed by atoms with Crippen LogP contribution in [0.4, 0.5) is 0 Å². The van der Waals surface area contributed by atoms with Crippen molar-refractivity contribution in [3.05, 3.63) is 59.2 Å². The lowest BCUT2D eigenvalue weighted by molar-refractivity contribution is 0.414. The van der Waals surface area contributed by atoms with Gasteiger partial charge in [0.2, 0.25) is 0 Å². The number of nitrogens with zero attached hydrogens (tertiary/aromatic N) is 1. The molecular formula is C22H30IN3O3S. The van der Waals surface area contributed by atoms with Crippen molar-refractivity contribution < 1.29 is 13.2 Å². The fourth-order valence-electron chi connectivity index (χ4n) is 3.56. The molecule has 1 aliphatic carbocycles. The normalized spacial score (nSPS) is 15.1. The highest BCUT2D eigenvalue weighted by atomic mass is 127. The van der Waals surface area contributed by atoms with Gasteiger partial charge >= 0.3 is 0 Å². The Hall–Kier alpha value is -1.81. The van der Waals surface area contributed by atoms with Crippen LogP contribution < -0.4 is 15.4 Å². The maximum absolute atomic E-state index is 11.8. The van der Waals surface area contributed by atoms with Crippen molar-refractivity contribution in [3.63, 3.8) is 0 Å². The lowest BCUT2D eigenvalue weighted by Crippen LogP contribution is -2.40. The summed E-state index contributed by atoms with van der Waals surface area (Å²) in [5.74, 6) is 1.60. The molecule has 0 amide bonds. The van der Waals surface area contributed by atoms with Crippen LogP contribution in [0.3, 0.4) is 0 Å². The molecule has 0 heterocycles. The fraction of sp³-hybridized carbons (Fsp3) is 0.409. The van der Waals surface area contributed by atoms with Crippen molar-refractivity contribution in [2.75, 3.05) is 27.0 Å². The van der Waals surface area contributed by atoms with Crippen LogP contribution in [-0.2, 0) is 21.8 Å². The van der Waals surface area contributed by atoms with Crippen LogP contribution in [0.25, 0.3) is 0 Å². The first-order valence-corrected chi connectivity index (χ1v) is 11.6. The van der Waals surface area contributed by atoms with Crippen LogP contribution in [0, 0.1) is 6.92 Å². The second-order valence-corrected chi connectivity index (χ2v) is 9.64. The second kappa shape index (κ2) is 10.00. The van der Waals surface area contributed by atoms with E-state index in [1.807, 2.05) is 31.2 Å². The Morgan fingerprint density at radius 1 is 1.13 bits per heavy atom. The van der Waals surface area contributed by atoms with E-state index >= 15 is 0 Å². The number of guanidine groups is 1. The summed E-state index contributed by atoms with van der Waals surface area (Å²) in [4.78, 5) is 4.69. The summed E-state index contributed by atoms with van der Waals surface area (Å²) in [6.45, 7) is 3.20. The minimum Gasteiger partial charge on any atom is -0.497 e. The van der Waals surface area contributed by atoms with Crippen LogP contribution in [-0.4, -0.2) is 41.3 Å². The van der Waals surface area contributed by atoms with E-state index in [0.717, 1.165) is 42.2 Å². The molecule has 2 N–H and O–H groups in total. The largest absolute Gasteiger partial charge is 0.497 e. The van der Waals surface area contributed by atoms with Crippen molar-refractivity contribution in [1.82, 2.24) is 10.6 Å². The molecule has 0 aliphatic heterocycles. The summed E-state index contributed by atoms with van der Waals surface area (Å²) in [7, 11) is 0.227. The third-order valence-electron chi connectivity index (χ3n) is 5.47. The number of hydrogen-bond acceptors (Lipinski definition) is 4. The van der Waals surface area contributed by atoms with E-state index in [2.05, 4.69) is 27.8 Å². The van der Waals surface area contributed by atoms with E-state index in [9.17, 15) is 8.42 Å². The number of methoxy groups -OCH3 is 1. The van der Waals surface area contributed by atoms with Gasteiger partial charge < -0.3 is 15.4 Å². The first-order chi connectivity index (χ1) is 13.8. The summed E-state index contributed by atoms with van der Waals surface area (Å²) < 4.78 is 28.8. The smallest absolute Gasteiger partial charge is 0.191 e. The molecule has 0 aromatic heterocycles. The van der Waals surface area contributed by atoms with Crippen molar-refractivity contribution in [3.8, 4) is 5.75 Å². The first-order valence-electron chi connectivity index (χ1n) is 9.66. The van der Waals surface area contributed by atoms with E-state index in [-0.39, 0.29) is 29.4 Å². The molecule has 8 heteroatoms. The highest BCUT2D eigenvalue weighted by Gasteiger charge is 2.44. The molecule has 0 unspecified atom stereocenters. The number of halogens is 1. The zero-order chi connectivity index (χ0) is 21.1. The molecule has 0 bridgehead atoms. The Morgan fingerprint density at radius 2 is 1.80 bits per heavy atom. The molecule has 1 aliphatic rings. The zero-order valence-corrected chi connectivity index (χ0v) is 21.0. The molecule has 2 aromatic rings. The minimum atomic E-state index is -3.20. The monoisotopic (exact) mass is 543 g/mol. The molecule has 30 heavy (non-hydrogen) atoms. The highest BCUT2D eigenvalue weighted by Crippen LogP contribution is 2.47. The highest BCUT2D eigenvalue weighted by molar-refractivity contribution is 14.0. The third kappa shape index (κ3) is 5.87. The van der Waals surface area contributed by atoms with Gasteiger partial charge in [0.15, 0.2) is 15.8 Å². The molecule has 3 rings (SSSR count). The molecule has 2 aromatic carbocycles. The van der Waals surface area contributed by atoms with Gasteiger partial charge in [0.05, 0.1) is 12.0 Å². The standard InChI is InChI=1S/C22H29N3O3S.HI/c1-16-13-17(5-10-20(16)29(4,26)27)14-24-21(23-2)25-15-22(11-12-22)18-6-8-19(28-3)9-7-18;/h5-10,13H,11-12,14-15H2,1-4H3,(H2,23,24,25);1H. The van der Waals surface area contributed by atoms with Crippen molar-refractivity contribution in [2.24, 2.45) is 4.99 Å². The molecule has 6 nitrogen and oxygen atoms in total. The number of aliphatic imine (C=N–C) groups is 1. The van der Waals surface area contributed by atoms with Gasteiger partial charge in [-0.3, -0.25) is 4.99 Å². The number of rotatable bonds is 7. The summed E-state index contributed by atoms with van der Waals surface area (Å²) in [6, 6.07) is 13.7. The lowest BCUT2D eigenvalue weighted by Gasteiger charge is -2.19. The second-order valence-electron chi connectivity index (χ2n) is 7.66. The third-order valence-corrected chi connectivity index (χ3v) is 6.73. The van der Waals surface area contributed by atoms with Crippen LogP contribution in [0.15, 0.2) is 52.4 Å². The number of aryl methyl sites for hydroxylation is 1. The Morgan fingerprint density at radius 3 is 2.30 bits per heavy atom. The van der Waals surface area contributed by atoms with E-state index in [0.29, 0.717) is 11.4 Å². The Labute approximate surface area is 196 Å². The molecule has 164 valence electrons. The number of nitrogens with one attached hydrogen (secondary N) is 2. The average molecular weight is 543 g/mol. The Kier molecular flexibility index (Phi) is 8.15. The van der Waals surface area contributed by atoms with Crippen LogP contribution in [0.2, 0.25) is 0 Å². The fourth-order valence-corrected chi connectivity index (χ4v) is 4.52. The van der Waals surface area contributed by atoms with Gasteiger partial charge in [-0.2, -0.15) is 0 Å². The van der Waals surface area contributed by atoms with Crippen LogP contribution in [0.1, 0.15) is 29.5 Å². The van der Waals surface area contributed by atoms with Gasteiger partial charge in [0, 0.05) is 31.8 Å². The van der Waals surface area contributed by atoms with Crippen molar-refractivity contribution >= 4 is 39.8 Å². The van der Waals surface area contributed by atoms with E-state index in [4.69, 9.17) is 4.74 Å². The molecule has 1 saturated carbocycles. The number of benzene rings is 2. The zero-order valence-electron chi connectivity index (χ0n) is 17.9. The van der Waals surface area contributed by atoms with Crippen molar-refractivity contribution in [1.29, 1.82) is 0 Å². The van der Waals surface area contributed by atoms with Crippen LogP contribution in [0.5, 0.6) is 5.75 Å². The molecule has 1 fully saturated rings. The Bertz CT molecular complexity index is 1000. The van der Waals surface area contributed by atoms with E-state index in [1.165, 1.54) is 11.8 Å². The SMILES string of the molecule is CN=C(NCc1ccc(S(C)(=O)=O)c(C)c1)NCC1(c2ccc(OC)cc2)CC1.I. The topological polar surface area (TPSA) is 79.8 Å². The first kappa shape index (κ1) is 24.5. The maximum atomic E-state index is 11.8. The summed E-state index contributed by atoms with van der Waals surface area (Å²) in [6.07, 6.45) is 3.53. The number of ether oxygens (including phenoxy) is 1. The molecule has 0 spiro atoms. The average Bonchev–Trinajstić information content (AvgIpc) is 3.48. The number of hydrogen-bond donors (Lipinski definition) is 2. The molecular weight excluding hydrogens is 513 g/mol. The molecule has 0 saturated heterocycles. The van der Waals surface area contributed by atoms with Gasteiger partial charge in [0.1, 0.15) is 5.75 Å². The van der Waals surface area contributed by atoms with Gasteiger partial charge in [-0.1, -0.05) is 24.3 Å². The van der Waals surface area contributed by atoms with Gasteiger partial charge in [-0.05, 0) is 54.7 Å². The van der Waals surface area contributed by atoms with E-state index < -0.39 is 9.84 Å². The predicted molar refractivity (Wildman–Crippen MR) is 132 cm³/mol. The molecule has 0 atom stereocenters. The van der Waals surface area contributed by atoms with E-state index in [1.54, 1.807) is 20.2 Å². The summed E-state index contributed by atoms with van der Waals surface area (Å²) in [5.41, 5.74) is 3.23. The van der Waals surface area contributed by atoms with Crippen LogP contribution >= 0.6 is 24.0 Å². The quantitative estimate of drug-likeness (QED) is 0.318. The van der Waals surface area contributed by atoms with Gasteiger partial charge in [-0.25, -0.2) is 8.42 Å². The van der Waals surface area contributed by atoms with Gasteiger partial charge in [-0.15, -0.1) is 24.0 Å². The molecule has 0 radical (unpaired) electrons. The Balaban J connectivity index is 0.00000320. The predicted octanol–water partition coefficient (Wildman–Crippen LogP) is 3.42. The minimum absolute atomic E-state index is 0. The lowest BCUT2D eigenvalue weighted by atomic mass is 9.96. The maximum Gasteiger partial charge on any atom is 0.191 e. The van der Waals surface area contributed by atoms with Crippen molar-refractivity contribution in [2.45, 2.75) is 36.6 Å². The summed E-state index contributed by atoms with van der Waals surface area (Å²) in [5, 5.41) is 6.74. The van der Waals surface area contributed by atoms with Gasteiger partial charge in [0.25, 0.3) is 0 Å². The summed E-state index contributed by atoms with van der Waals surface area (Å²) >= 11 is 0. The number of sulfone groups is 1.